The maximum Gasteiger partial charge on any atom is 0.317 e. The summed E-state index contributed by atoms with van der Waals surface area (Å²) in [6.07, 6.45) is 3.51. The molecular formula is C20H28N4O4. The molecule has 0 spiro atoms. The second-order valence-corrected chi connectivity index (χ2v) is 7.49. The van der Waals surface area contributed by atoms with Crippen molar-refractivity contribution in [3.05, 3.63) is 23.8 Å². The van der Waals surface area contributed by atoms with Gasteiger partial charge in [0, 0.05) is 45.2 Å². The molecule has 2 fully saturated rings. The maximum atomic E-state index is 12.5. The average Bonchev–Trinajstić information content (AvgIpc) is 2.97. The van der Waals surface area contributed by atoms with Gasteiger partial charge in [0.05, 0.1) is 13.2 Å². The van der Waals surface area contributed by atoms with Crippen molar-refractivity contribution in [2.45, 2.75) is 38.3 Å². The molecule has 3 aliphatic heterocycles. The number of urea groups is 2. The van der Waals surface area contributed by atoms with E-state index in [1.165, 1.54) is 0 Å². The largest absolute Gasteiger partial charge is 0.490 e. The zero-order valence-corrected chi connectivity index (χ0v) is 16.1. The van der Waals surface area contributed by atoms with E-state index in [9.17, 15) is 9.59 Å². The number of rotatable bonds is 3. The van der Waals surface area contributed by atoms with Gasteiger partial charge in [0.15, 0.2) is 11.5 Å². The predicted molar refractivity (Wildman–Crippen MR) is 104 cm³/mol. The molecule has 1 aromatic carbocycles. The van der Waals surface area contributed by atoms with Crippen molar-refractivity contribution in [1.82, 2.24) is 20.4 Å². The number of ether oxygens (including phenoxy) is 2. The molecule has 0 radical (unpaired) electrons. The molecule has 0 aliphatic carbocycles. The fraction of sp³-hybridized carbons (Fsp3) is 0.600. The van der Waals surface area contributed by atoms with Crippen LogP contribution in [0.5, 0.6) is 11.5 Å². The standard InChI is InChI=1S/C20H28N4O4/c25-19(22-14-15-3-4-17-18(13-15)28-12-2-11-27-17)23-9-5-16(6-10-23)24-8-1-7-21-20(24)26/h3-4,13,16H,1-2,5-12,14H2,(H,21,26)(H,22,25). The van der Waals surface area contributed by atoms with Crippen LogP contribution in [-0.2, 0) is 6.54 Å². The Morgan fingerprint density at radius 1 is 1.11 bits per heavy atom. The van der Waals surface area contributed by atoms with Crippen molar-refractivity contribution < 1.29 is 19.1 Å². The van der Waals surface area contributed by atoms with Crippen LogP contribution in [-0.4, -0.2) is 67.3 Å². The number of carbonyl (C=O) groups is 2. The van der Waals surface area contributed by atoms with Gasteiger partial charge in [0.2, 0.25) is 0 Å². The number of likely N-dealkylation sites (tertiary alicyclic amines) is 1. The lowest BCUT2D eigenvalue weighted by atomic mass is 10.0. The molecule has 0 unspecified atom stereocenters. The Balaban J connectivity index is 1.26. The number of piperidine rings is 1. The second kappa shape index (κ2) is 8.58. The SMILES string of the molecule is O=C(NCc1ccc2c(c1)OCCCO2)N1CCC(N2CCCNC2=O)CC1. The molecule has 8 heteroatoms. The van der Waals surface area contributed by atoms with E-state index in [0.717, 1.165) is 55.8 Å². The summed E-state index contributed by atoms with van der Waals surface area (Å²) in [6, 6.07) is 5.98. The van der Waals surface area contributed by atoms with E-state index in [-0.39, 0.29) is 18.1 Å². The minimum atomic E-state index is -0.0614. The van der Waals surface area contributed by atoms with Gasteiger partial charge >= 0.3 is 12.1 Å². The summed E-state index contributed by atoms with van der Waals surface area (Å²) in [5, 5.41) is 5.89. The van der Waals surface area contributed by atoms with Crippen molar-refractivity contribution in [3.63, 3.8) is 0 Å². The van der Waals surface area contributed by atoms with E-state index in [4.69, 9.17) is 9.47 Å². The number of nitrogens with zero attached hydrogens (tertiary/aromatic N) is 2. The third-order valence-electron chi connectivity index (χ3n) is 5.56. The van der Waals surface area contributed by atoms with E-state index >= 15 is 0 Å². The smallest absolute Gasteiger partial charge is 0.317 e. The Labute approximate surface area is 165 Å². The van der Waals surface area contributed by atoms with Crippen LogP contribution in [0.1, 0.15) is 31.2 Å². The molecule has 1 aromatic rings. The third-order valence-corrected chi connectivity index (χ3v) is 5.56. The highest BCUT2D eigenvalue weighted by molar-refractivity contribution is 5.76. The number of fused-ring (bicyclic) bond motifs is 1. The van der Waals surface area contributed by atoms with Crippen molar-refractivity contribution in [2.24, 2.45) is 0 Å². The molecule has 28 heavy (non-hydrogen) atoms. The van der Waals surface area contributed by atoms with Crippen LogP contribution in [0.3, 0.4) is 0 Å². The Bertz CT molecular complexity index is 718. The molecule has 3 heterocycles. The maximum absolute atomic E-state index is 12.5. The quantitative estimate of drug-likeness (QED) is 0.829. The first-order valence-electron chi connectivity index (χ1n) is 10.2. The van der Waals surface area contributed by atoms with Gasteiger partial charge in [-0.05, 0) is 37.0 Å². The van der Waals surface area contributed by atoms with Gasteiger partial charge in [0.1, 0.15) is 0 Å². The first kappa shape index (κ1) is 18.7. The molecule has 8 nitrogen and oxygen atoms in total. The van der Waals surface area contributed by atoms with Gasteiger partial charge in [-0.3, -0.25) is 0 Å². The number of nitrogens with one attached hydrogen (secondary N) is 2. The highest BCUT2D eigenvalue weighted by Crippen LogP contribution is 2.30. The molecule has 0 saturated carbocycles. The number of carbonyl (C=O) groups excluding carboxylic acids is 2. The lowest BCUT2D eigenvalue weighted by Crippen LogP contribution is -2.55. The Morgan fingerprint density at radius 2 is 1.89 bits per heavy atom. The topological polar surface area (TPSA) is 83.1 Å². The minimum Gasteiger partial charge on any atom is -0.490 e. The molecule has 2 saturated heterocycles. The lowest BCUT2D eigenvalue weighted by molar-refractivity contribution is 0.118. The fourth-order valence-electron chi connectivity index (χ4n) is 3.98. The molecular weight excluding hydrogens is 360 g/mol. The molecule has 3 aliphatic rings. The molecule has 2 N–H and O–H groups in total. The number of amides is 4. The Hall–Kier alpha value is -2.64. The first-order chi connectivity index (χ1) is 13.7. The predicted octanol–water partition coefficient (Wildman–Crippen LogP) is 1.94. The summed E-state index contributed by atoms with van der Waals surface area (Å²) in [4.78, 5) is 28.3. The van der Waals surface area contributed by atoms with Crippen molar-refractivity contribution >= 4 is 12.1 Å². The summed E-state index contributed by atoms with van der Waals surface area (Å²) in [5.74, 6) is 1.50. The lowest BCUT2D eigenvalue weighted by Gasteiger charge is -2.40. The summed E-state index contributed by atoms with van der Waals surface area (Å²) < 4.78 is 11.3. The van der Waals surface area contributed by atoms with Crippen LogP contribution >= 0.6 is 0 Å². The van der Waals surface area contributed by atoms with E-state index < -0.39 is 0 Å². The minimum absolute atomic E-state index is 0.0311. The number of benzene rings is 1. The molecule has 4 amide bonds. The molecule has 4 rings (SSSR count). The number of hydrogen-bond donors (Lipinski definition) is 2. The summed E-state index contributed by atoms with van der Waals surface area (Å²) >= 11 is 0. The van der Waals surface area contributed by atoms with Crippen molar-refractivity contribution in [3.8, 4) is 11.5 Å². The van der Waals surface area contributed by atoms with Crippen LogP contribution < -0.4 is 20.1 Å². The monoisotopic (exact) mass is 388 g/mol. The van der Waals surface area contributed by atoms with E-state index in [2.05, 4.69) is 10.6 Å². The fourth-order valence-corrected chi connectivity index (χ4v) is 3.98. The van der Waals surface area contributed by atoms with Crippen LogP contribution in [0.25, 0.3) is 0 Å². The van der Waals surface area contributed by atoms with Gasteiger partial charge in [0.25, 0.3) is 0 Å². The van der Waals surface area contributed by atoms with Crippen LogP contribution in [0.4, 0.5) is 9.59 Å². The van der Waals surface area contributed by atoms with Gasteiger partial charge in [-0.1, -0.05) is 6.07 Å². The van der Waals surface area contributed by atoms with Gasteiger partial charge in [-0.25, -0.2) is 9.59 Å². The van der Waals surface area contributed by atoms with Gasteiger partial charge in [-0.15, -0.1) is 0 Å². The van der Waals surface area contributed by atoms with Crippen molar-refractivity contribution in [2.75, 3.05) is 39.4 Å². The zero-order chi connectivity index (χ0) is 19.3. The zero-order valence-electron chi connectivity index (χ0n) is 16.1. The summed E-state index contributed by atoms with van der Waals surface area (Å²) in [7, 11) is 0. The van der Waals surface area contributed by atoms with E-state index in [1.54, 1.807) is 0 Å². The third kappa shape index (κ3) is 4.26. The highest BCUT2D eigenvalue weighted by atomic mass is 16.5. The summed E-state index contributed by atoms with van der Waals surface area (Å²) in [6.45, 7) is 4.67. The summed E-state index contributed by atoms with van der Waals surface area (Å²) in [5.41, 5.74) is 0.984. The Kier molecular flexibility index (Phi) is 5.73. The highest BCUT2D eigenvalue weighted by Gasteiger charge is 2.30. The van der Waals surface area contributed by atoms with Crippen LogP contribution in [0.2, 0.25) is 0 Å². The molecule has 0 aromatic heterocycles. The number of hydrogen-bond acceptors (Lipinski definition) is 4. The Morgan fingerprint density at radius 3 is 2.68 bits per heavy atom. The van der Waals surface area contributed by atoms with Crippen molar-refractivity contribution in [1.29, 1.82) is 0 Å². The average molecular weight is 388 g/mol. The van der Waals surface area contributed by atoms with Crippen LogP contribution in [0.15, 0.2) is 18.2 Å². The van der Waals surface area contributed by atoms with E-state index in [1.807, 2.05) is 28.0 Å². The van der Waals surface area contributed by atoms with E-state index in [0.29, 0.717) is 32.8 Å². The van der Waals surface area contributed by atoms with Gasteiger partial charge in [-0.2, -0.15) is 0 Å². The normalized spacial score (nSPS) is 20.4. The molecule has 152 valence electrons. The molecule has 0 bridgehead atoms. The molecule has 0 atom stereocenters. The van der Waals surface area contributed by atoms with Gasteiger partial charge < -0.3 is 29.9 Å². The van der Waals surface area contributed by atoms with Crippen LogP contribution in [0, 0.1) is 0 Å². The second-order valence-electron chi connectivity index (χ2n) is 7.49. The first-order valence-corrected chi connectivity index (χ1v) is 10.2.